The van der Waals surface area contributed by atoms with E-state index >= 15 is 0 Å². The molecule has 1 N–H and O–H groups in total. The molecule has 3 aromatic rings. The van der Waals surface area contributed by atoms with E-state index in [1.807, 2.05) is 13.8 Å². The van der Waals surface area contributed by atoms with Gasteiger partial charge in [0.2, 0.25) is 0 Å². The van der Waals surface area contributed by atoms with E-state index in [4.69, 9.17) is 0 Å². The lowest BCUT2D eigenvalue weighted by Gasteiger charge is -2.21. The molecule has 1 aliphatic heterocycles. The quantitative estimate of drug-likeness (QED) is 0.435. The maximum atomic E-state index is 14.6. The van der Waals surface area contributed by atoms with E-state index in [-0.39, 0.29) is 42.5 Å². The zero-order valence-corrected chi connectivity index (χ0v) is 17.9. The summed E-state index contributed by atoms with van der Waals surface area (Å²) in [4.78, 5) is 27.2. The van der Waals surface area contributed by atoms with Crippen molar-refractivity contribution in [2.45, 2.75) is 32.4 Å². The van der Waals surface area contributed by atoms with E-state index in [1.165, 1.54) is 11.1 Å². The van der Waals surface area contributed by atoms with E-state index in [2.05, 4.69) is 20.3 Å². The second-order valence-corrected chi connectivity index (χ2v) is 8.08. The van der Waals surface area contributed by atoms with Gasteiger partial charge in [0.1, 0.15) is 29.7 Å². The predicted molar refractivity (Wildman–Crippen MR) is 115 cm³/mol. The van der Waals surface area contributed by atoms with Gasteiger partial charge in [-0.1, -0.05) is 13.8 Å². The Balaban J connectivity index is 1.81. The van der Waals surface area contributed by atoms with E-state index in [9.17, 15) is 22.4 Å². The number of benzene rings is 1. The molecule has 0 aliphatic carbocycles. The van der Waals surface area contributed by atoms with Crippen molar-refractivity contribution in [2.24, 2.45) is 0 Å². The molecule has 1 saturated heterocycles. The van der Waals surface area contributed by atoms with Crippen molar-refractivity contribution in [3.05, 3.63) is 65.5 Å². The number of hydrogen-bond donors (Lipinski definition) is 1. The molecule has 172 valence electrons. The number of pyridine rings is 1. The number of carbonyl (C=O) groups excluding carboxylic acids is 1. The number of hydrogen-bond acceptors (Lipinski definition) is 5. The lowest BCUT2D eigenvalue weighted by molar-refractivity contribution is 0.102. The highest BCUT2D eigenvalue weighted by atomic mass is 19.2. The van der Waals surface area contributed by atoms with E-state index in [0.717, 1.165) is 18.1 Å². The number of nitrogens with one attached hydrogen (secondary N) is 1. The van der Waals surface area contributed by atoms with Crippen LogP contribution in [-0.4, -0.2) is 40.1 Å². The normalized spacial score (nSPS) is 15.8. The molecule has 3 heterocycles. The minimum Gasteiger partial charge on any atom is -0.353 e. The number of alkyl halides is 1. The third-order valence-corrected chi connectivity index (χ3v) is 5.37. The number of rotatable bonds is 5. The summed E-state index contributed by atoms with van der Waals surface area (Å²) in [6.07, 6.45) is 1.61. The molecular formula is C23H21F4N5O. The molecule has 1 aromatic carbocycles. The zero-order valence-electron chi connectivity index (χ0n) is 17.9. The zero-order chi connectivity index (χ0) is 23.7. The molecule has 1 amide bonds. The van der Waals surface area contributed by atoms with Gasteiger partial charge in [-0.05, 0) is 30.5 Å². The van der Waals surface area contributed by atoms with Gasteiger partial charge in [-0.3, -0.25) is 9.78 Å². The third kappa shape index (κ3) is 4.64. The van der Waals surface area contributed by atoms with Crippen LogP contribution in [0.4, 0.5) is 29.1 Å². The third-order valence-electron chi connectivity index (χ3n) is 5.37. The van der Waals surface area contributed by atoms with Gasteiger partial charge < -0.3 is 10.2 Å². The summed E-state index contributed by atoms with van der Waals surface area (Å²) in [6, 6.07) is 4.55. The van der Waals surface area contributed by atoms with E-state index in [1.54, 1.807) is 12.1 Å². The van der Waals surface area contributed by atoms with Gasteiger partial charge in [-0.15, -0.1) is 0 Å². The second kappa shape index (κ2) is 9.13. The van der Waals surface area contributed by atoms with Crippen LogP contribution in [0.2, 0.25) is 0 Å². The number of aromatic nitrogens is 3. The van der Waals surface area contributed by atoms with Crippen LogP contribution in [-0.2, 0) is 0 Å². The largest absolute Gasteiger partial charge is 0.353 e. The molecule has 33 heavy (non-hydrogen) atoms. The molecule has 0 bridgehead atoms. The topological polar surface area (TPSA) is 71.0 Å². The summed E-state index contributed by atoms with van der Waals surface area (Å²) < 4.78 is 56.3. The van der Waals surface area contributed by atoms with Gasteiger partial charge in [-0.25, -0.2) is 27.5 Å². The summed E-state index contributed by atoms with van der Waals surface area (Å²) >= 11 is 0. The SMILES string of the molecule is CC(C)c1ccc(NC(=O)c2c(-c3cc(F)cc(F)c3F)ncnc2N2CC[C@H](F)C2)cn1. The summed E-state index contributed by atoms with van der Waals surface area (Å²) in [6.45, 7) is 4.19. The van der Waals surface area contributed by atoms with Gasteiger partial charge in [0, 0.05) is 23.9 Å². The van der Waals surface area contributed by atoms with Crippen LogP contribution in [0, 0.1) is 17.5 Å². The Bertz CT molecular complexity index is 1190. The number of carbonyl (C=O) groups is 1. The van der Waals surface area contributed by atoms with Crippen molar-refractivity contribution in [2.75, 3.05) is 23.3 Å². The monoisotopic (exact) mass is 459 g/mol. The molecule has 0 radical (unpaired) electrons. The minimum atomic E-state index is -1.42. The number of anilines is 2. The number of amides is 1. The summed E-state index contributed by atoms with van der Waals surface area (Å²) in [7, 11) is 0. The van der Waals surface area contributed by atoms with Crippen molar-refractivity contribution in [3.8, 4) is 11.3 Å². The first-order chi connectivity index (χ1) is 15.7. The molecule has 6 nitrogen and oxygen atoms in total. The highest BCUT2D eigenvalue weighted by molar-refractivity contribution is 6.11. The molecule has 0 saturated carbocycles. The maximum absolute atomic E-state index is 14.6. The molecule has 4 rings (SSSR count). The van der Waals surface area contributed by atoms with Crippen LogP contribution in [0.1, 0.15) is 42.2 Å². The van der Waals surface area contributed by atoms with Crippen LogP contribution in [0.15, 0.2) is 36.8 Å². The van der Waals surface area contributed by atoms with Crippen LogP contribution >= 0.6 is 0 Å². The number of halogens is 4. The predicted octanol–water partition coefficient (Wildman–Crippen LogP) is 4.88. The van der Waals surface area contributed by atoms with Gasteiger partial charge in [0.05, 0.1) is 24.1 Å². The van der Waals surface area contributed by atoms with Crippen molar-refractivity contribution >= 4 is 17.4 Å². The van der Waals surface area contributed by atoms with Crippen molar-refractivity contribution in [1.29, 1.82) is 0 Å². The first kappa shape index (κ1) is 22.6. The average molecular weight is 459 g/mol. The Morgan fingerprint density at radius 2 is 1.94 bits per heavy atom. The Kier molecular flexibility index (Phi) is 6.26. The number of nitrogens with zero attached hydrogens (tertiary/aromatic N) is 4. The summed E-state index contributed by atoms with van der Waals surface area (Å²) in [5.74, 6) is -4.32. The van der Waals surface area contributed by atoms with Crippen LogP contribution in [0.3, 0.4) is 0 Å². The Labute approximate surface area is 187 Å². The Morgan fingerprint density at radius 1 is 1.15 bits per heavy atom. The van der Waals surface area contributed by atoms with Crippen molar-refractivity contribution < 1.29 is 22.4 Å². The second-order valence-electron chi connectivity index (χ2n) is 8.08. The lowest BCUT2D eigenvalue weighted by atomic mass is 10.0. The fraction of sp³-hybridized carbons (Fsp3) is 0.304. The molecule has 2 aromatic heterocycles. The fourth-order valence-corrected chi connectivity index (χ4v) is 3.68. The van der Waals surface area contributed by atoms with Gasteiger partial charge in [0.25, 0.3) is 5.91 Å². The first-order valence-corrected chi connectivity index (χ1v) is 10.4. The Hall–Kier alpha value is -3.56. The van der Waals surface area contributed by atoms with Crippen LogP contribution < -0.4 is 10.2 Å². The highest BCUT2D eigenvalue weighted by Crippen LogP contribution is 2.33. The lowest BCUT2D eigenvalue weighted by Crippen LogP contribution is -2.26. The maximum Gasteiger partial charge on any atom is 0.261 e. The van der Waals surface area contributed by atoms with Gasteiger partial charge in [0.15, 0.2) is 11.6 Å². The molecular weight excluding hydrogens is 438 g/mol. The van der Waals surface area contributed by atoms with Crippen LogP contribution in [0.5, 0.6) is 0 Å². The molecule has 0 spiro atoms. The Morgan fingerprint density at radius 3 is 2.58 bits per heavy atom. The summed E-state index contributed by atoms with van der Waals surface area (Å²) in [5, 5.41) is 2.65. The van der Waals surface area contributed by atoms with Crippen molar-refractivity contribution in [1.82, 2.24) is 15.0 Å². The van der Waals surface area contributed by atoms with Gasteiger partial charge >= 0.3 is 0 Å². The van der Waals surface area contributed by atoms with Crippen molar-refractivity contribution in [3.63, 3.8) is 0 Å². The molecule has 1 atom stereocenters. The van der Waals surface area contributed by atoms with E-state index in [0.29, 0.717) is 11.8 Å². The van der Waals surface area contributed by atoms with Crippen LogP contribution in [0.25, 0.3) is 11.3 Å². The highest BCUT2D eigenvalue weighted by Gasteiger charge is 2.31. The molecule has 10 heteroatoms. The fourth-order valence-electron chi connectivity index (χ4n) is 3.68. The first-order valence-electron chi connectivity index (χ1n) is 10.4. The molecule has 1 fully saturated rings. The van der Waals surface area contributed by atoms with E-state index < -0.39 is 35.1 Å². The van der Waals surface area contributed by atoms with Gasteiger partial charge in [-0.2, -0.15) is 0 Å². The smallest absolute Gasteiger partial charge is 0.261 e. The molecule has 0 unspecified atom stereocenters. The standard InChI is InChI=1S/C23H21F4N5O/c1-12(2)18-4-3-15(9-28-18)31-23(33)19-21(16-7-14(25)8-17(26)20(16)27)29-11-30-22(19)32-6-5-13(24)10-32/h3-4,7-9,11-13H,5-6,10H2,1-2H3,(H,31,33)/t13-/m0/s1. The summed E-state index contributed by atoms with van der Waals surface area (Å²) in [5.41, 5.74) is 0.109. The molecule has 1 aliphatic rings. The minimum absolute atomic E-state index is 0.0264. The average Bonchev–Trinajstić information content (AvgIpc) is 3.22.